The third-order valence-corrected chi connectivity index (χ3v) is 5.56. The molecule has 1 saturated carbocycles. The molecule has 152 valence electrons. The van der Waals surface area contributed by atoms with Gasteiger partial charge >= 0.3 is 5.97 Å². The van der Waals surface area contributed by atoms with E-state index in [9.17, 15) is 4.79 Å². The summed E-state index contributed by atoms with van der Waals surface area (Å²) < 4.78 is 11.8. The molecule has 28 heavy (non-hydrogen) atoms. The first-order chi connectivity index (χ1) is 13.5. The van der Waals surface area contributed by atoms with Gasteiger partial charge in [-0.1, -0.05) is 38.5 Å². The van der Waals surface area contributed by atoms with Crippen molar-refractivity contribution < 1.29 is 14.3 Å². The zero-order valence-corrected chi connectivity index (χ0v) is 17.7. The summed E-state index contributed by atoms with van der Waals surface area (Å²) in [6.07, 6.45) is 5.07. The van der Waals surface area contributed by atoms with Gasteiger partial charge in [-0.05, 0) is 56.8 Å². The maximum absolute atomic E-state index is 13.2. The lowest BCUT2D eigenvalue weighted by atomic mass is 9.88. The average Bonchev–Trinajstić information content (AvgIpc) is 2.66. The number of benzene rings is 1. The van der Waals surface area contributed by atoms with Gasteiger partial charge in [0.05, 0.1) is 18.2 Å². The van der Waals surface area contributed by atoms with E-state index >= 15 is 0 Å². The van der Waals surface area contributed by atoms with Crippen LogP contribution in [0.25, 0.3) is 0 Å². The van der Waals surface area contributed by atoms with E-state index in [-0.39, 0.29) is 12.1 Å². The number of allylic oxidation sites excluding steroid dienone is 1. The first-order valence-corrected chi connectivity index (χ1v) is 10.6. The zero-order chi connectivity index (χ0) is 20.1. The van der Waals surface area contributed by atoms with Crippen molar-refractivity contribution in [3.8, 4) is 5.75 Å². The average molecular weight is 403 g/mol. The molecule has 0 unspecified atom stereocenters. The van der Waals surface area contributed by atoms with E-state index in [4.69, 9.17) is 21.7 Å². The molecule has 0 amide bonds. The molecule has 0 spiro atoms. The maximum atomic E-state index is 13.2. The second kappa shape index (κ2) is 9.41. The van der Waals surface area contributed by atoms with Crippen molar-refractivity contribution in [2.75, 3.05) is 6.61 Å². The SMILES string of the molecule is CCCOc1ccccc1[C@@H]1NC(=S)NC(C)=C1C(=O)O[C@@H]1CCC[C@@H](C)C1. The van der Waals surface area contributed by atoms with Crippen LogP contribution in [0.4, 0.5) is 0 Å². The van der Waals surface area contributed by atoms with Crippen LogP contribution < -0.4 is 15.4 Å². The largest absolute Gasteiger partial charge is 0.493 e. The quantitative estimate of drug-likeness (QED) is 0.544. The molecule has 0 bridgehead atoms. The van der Waals surface area contributed by atoms with Crippen LogP contribution in [0, 0.1) is 5.92 Å². The molecule has 1 fully saturated rings. The molecule has 6 heteroatoms. The Labute approximate surface area is 172 Å². The number of rotatable bonds is 6. The van der Waals surface area contributed by atoms with E-state index in [1.165, 1.54) is 6.42 Å². The number of nitrogens with one attached hydrogen (secondary N) is 2. The highest BCUT2D eigenvalue weighted by atomic mass is 32.1. The maximum Gasteiger partial charge on any atom is 0.338 e. The highest BCUT2D eigenvalue weighted by Gasteiger charge is 2.34. The van der Waals surface area contributed by atoms with Crippen LogP contribution in [-0.2, 0) is 9.53 Å². The Morgan fingerprint density at radius 3 is 2.82 bits per heavy atom. The van der Waals surface area contributed by atoms with Gasteiger partial charge in [0.25, 0.3) is 0 Å². The third-order valence-electron chi connectivity index (χ3n) is 5.34. The second-order valence-electron chi connectivity index (χ2n) is 7.76. The van der Waals surface area contributed by atoms with Crippen molar-refractivity contribution >= 4 is 23.3 Å². The molecule has 3 rings (SSSR count). The van der Waals surface area contributed by atoms with E-state index in [0.29, 0.717) is 23.2 Å². The summed E-state index contributed by atoms with van der Waals surface area (Å²) in [5, 5.41) is 6.81. The third kappa shape index (κ3) is 4.85. The van der Waals surface area contributed by atoms with Crippen LogP contribution >= 0.6 is 12.2 Å². The molecule has 1 aliphatic carbocycles. The number of carbonyl (C=O) groups is 1. The van der Waals surface area contributed by atoms with Crippen LogP contribution in [-0.4, -0.2) is 23.8 Å². The van der Waals surface area contributed by atoms with Gasteiger partial charge < -0.3 is 20.1 Å². The predicted octanol–water partition coefficient (Wildman–Crippen LogP) is 4.39. The van der Waals surface area contributed by atoms with Gasteiger partial charge in [-0.15, -0.1) is 0 Å². The number of esters is 1. The van der Waals surface area contributed by atoms with Crippen LogP contribution in [0.3, 0.4) is 0 Å². The van der Waals surface area contributed by atoms with Crippen molar-refractivity contribution in [1.29, 1.82) is 0 Å². The number of ether oxygens (including phenoxy) is 2. The molecule has 1 aliphatic heterocycles. The minimum absolute atomic E-state index is 0.0161. The van der Waals surface area contributed by atoms with E-state index in [0.717, 1.165) is 42.7 Å². The number of hydrogen-bond acceptors (Lipinski definition) is 4. The molecule has 0 aromatic heterocycles. The van der Waals surface area contributed by atoms with Gasteiger partial charge in [0, 0.05) is 11.3 Å². The molecule has 1 heterocycles. The summed E-state index contributed by atoms with van der Waals surface area (Å²) in [6, 6.07) is 7.39. The van der Waals surface area contributed by atoms with Crippen LogP contribution in [0.5, 0.6) is 5.75 Å². The Bertz CT molecular complexity index is 762. The lowest BCUT2D eigenvalue weighted by molar-refractivity contribution is -0.146. The molecule has 0 saturated heterocycles. The van der Waals surface area contributed by atoms with Gasteiger partial charge in [-0.2, -0.15) is 0 Å². The minimum Gasteiger partial charge on any atom is -0.493 e. The van der Waals surface area contributed by atoms with Crippen molar-refractivity contribution in [3.05, 3.63) is 41.1 Å². The van der Waals surface area contributed by atoms with Crippen LogP contribution in [0.1, 0.15) is 64.5 Å². The molecule has 1 aromatic rings. The van der Waals surface area contributed by atoms with E-state index in [1.807, 2.05) is 31.2 Å². The fraction of sp³-hybridized carbons (Fsp3) is 0.545. The Morgan fingerprint density at radius 1 is 1.29 bits per heavy atom. The van der Waals surface area contributed by atoms with Gasteiger partial charge in [-0.25, -0.2) is 4.79 Å². The summed E-state index contributed by atoms with van der Waals surface area (Å²) in [4.78, 5) is 13.2. The number of para-hydroxylation sites is 1. The van der Waals surface area contributed by atoms with Crippen LogP contribution in [0.2, 0.25) is 0 Å². The normalized spacial score (nSPS) is 25.0. The first-order valence-electron chi connectivity index (χ1n) is 10.2. The highest BCUT2D eigenvalue weighted by molar-refractivity contribution is 7.80. The van der Waals surface area contributed by atoms with Crippen molar-refractivity contribution in [1.82, 2.24) is 10.6 Å². The Hall–Kier alpha value is -2.08. The standard InChI is InChI=1S/C22H30N2O3S/c1-4-12-26-18-11-6-5-10-17(18)20-19(15(3)23-22(28)24-20)21(25)27-16-9-7-8-14(2)13-16/h5-6,10-11,14,16,20H,4,7-9,12-13H2,1-3H3,(H2,23,24,28)/t14-,16-,20+/m1/s1. The molecule has 3 atom stereocenters. The zero-order valence-electron chi connectivity index (χ0n) is 16.9. The van der Waals surface area contributed by atoms with Gasteiger partial charge in [-0.3, -0.25) is 0 Å². The molecule has 1 aromatic carbocycles. The number of carbonyl (C=O) groups excluding carboxylic acids is 1. The van der Waals surface area contributed by atoms with Crippen molar-refractivity contribution in [2.45, 2.75) is 65.0 Å². The van der Waals surface area contributed by atoms with E-state index in [1.54, 1.807) is 0 Å². The Kier molecular flexibility index (Phi) is 6.94. The first kappa shape index (κ1) is 20.6. The highest BCUT2D eigenvalue weighted by Crippen LogP contribution is 2.35. The van der Waals surface area contributed by atoms with E-state index in [2.05, 4.69) is 24.5 Å². The molecular weight excluding hydrogens is 372 g/mol. The lowest BCUT2D eigenvalue weighted by Gasteiger charge is -2.32. The second-order valence-corrected chi connectivity index (χ2v) is 8.16. The van der Waals surface area contributed by atoms with Gasteiger partial charge in [0.2, 0.25) is 0 Å². The molecule has 5 nitrogen and oxygen atoms in total. The number of thiocarbonyl (C=S) groups is 1. The topological polar surface area (TPSA) is 59.6 Å². The fourth-order valence-electron chi connectivity index (χ4n) is 3.96. The summed E-state index contributed by atoms with van der Waals surface area (Å²) in [5.41, 5.74) is 2.19. The smallest absolute Gasteiger partial charge is 0.338 e. The predicted molar refractivity (Wildman–Crippen MR) is 114 cm³/mol. The lowest BCUT2D eigenvalue weighted by Crippen LogP contribution is -2.45. The molecular formula is C22H30N2O3S. The summed E-state index contributed by atoms with van der Waals surface area (Å²) >= 11 is 5.36. The summed E-state index contributed by atoms with van der Waals surface area (Å²) in [5.74, 6) is 1.07. The van der Waals surface area contributed by atoms with Gasteiger partial charge in [0.15, 0.2) is 5.11 Å². The molecule has 2 N–H and O–H groups in total. The van der Waals surface area contributed by atoms with Crippen LogP contribution in [0.15, 0.2) is 35.5 Å². The molecule has 2 aliphatic rings. The Balaban J connectivity index is 1.88. The van der Waals surface area contributed by atoms with Crippen molar-refractivity contribution in [3.63, 3.8) is 0 Å². The monoisotopic (exact) mass is 402 g/mol. The summed E-state index contributed by atoms with van der Waals surface area (Å²) in [7, 11) is 0. The van der Waals surface area contributed by atoms with Gasteiger partial charge in [0.1, 0.15) is 11.9 Å². The number of hydrogen-bond donors (Lipinski definition) is 2. The van der Waals surface area contributed by atoms with Crippen molar-refractivity contribution in [2.24, 2.45) is 5.92 Å². The molecule has 0 radical (unpaired) electrons. The summed E-state index contributed by atoms with van der Waals surface area (Å²) in [6.45, 7) is 6.78. The Morgan fingerprint density at radius 2 is 2.07 bits per heavy atom. The minimum atomic E-state index is -0.393. The van der Waals surface area contributed by atoms with E-state index < -0.39 is 6.04 Å². The fourth-order valence-corrected chi connectivity index (χ4v) is 4.23.